The predicted octanol–water partition coefficient (Wildman–Crippen LogP) is 2.90. The zero-order valence-electron chi connectivity index (χ0n) is 13.1. The topological polar surface area (TPSA) is 114 Å². The number of phenols is 1. The number of hydrazone groups is 1. The van der Waals surface area contributed by atoms with Gasteiger partial charge in [-0.05, 0) is 36.8 Å². The molecule has 2 N–H and O–H groups in total. The van der Waals surface area contributed by atoms with Gasteiger partial charge in [-0.3, -0.25) is 14.9 Å². The number of rotatable bonds is 6. The summed E-state index contributed by atoms with van der Waals surface area (Å²) in [6, 6.07) is 8.80. The lowest BCUT2D eigenvalue weighted by atomic mass is 10.2. The highest BCUT2D eigenvalue weighted by atomic mass is 79.9. The molecule has 8 nitrogen and oxygen atoms in total. The number of aryl methyl sites for hydroxylation is 1. The highest BCUT2D eigenvalue weighted by Crippen LogP contribution is 2.22. The average molecular weight is 408 g/mol. The number of aromatic hydroxyl groups is 1. The van der Waals surface area contributed by atoms with Crippen LogP contribution in [0.2, 0.25) is 0 Å². The predicted molar refractivity (Wildman–Crippen MR) is 94.9 cm³/mol. The summed E-state index contributed by atoms with van der Waals surface area (Å²) in [5, 5.41) is 24.0. The van der Waals surface area contributed by atoms with Crippen molar-refractivity contribution in [3.63, 3.8) is 0 Å². The Morgan fingerprint density at radius 3 is 2.84 bits per heavy atom. The third-order valence-electron chi connectivity index (χ3n) is 3.11. The second-order valence-corrected chi connectivity index (χ2v) is 5.85. The van der Waals surface area contributed by atoms with Crippen LogP contribution in [0.4, 0.5) is 5.69 Å². The van der Waals surface area contributed by atoms with E-state index in [9.17, 15) is 20.0 Å². The van der Waals surface area contributed by atoms with Crippen molar-refractivity contribution in [3.05, 3.63) is 62.1 Å². The molecule has 0 fully saturated rings. The van der Waals surface area contributed by atoms with Crippen LogP contribution >= 0.6 is 15.9 Å². The van der Waals surface area contributed by atoms with Gasteiger partial charge < -0.3 is 9.84 Å². The number of nitro groups is 1. The molecule has 0 aromatic heterocycles. The van der Waals surface area contributed by atoms with E-state index < -0.39 is 10.8 Å². The zero-order valence-corrected chi connectivity index (χ0v) is 14.7. The minimum absolute atomic E-state index is 0.110. The van der Waals surface area contributed by atoms with E-state index in [1.807, 2.05) is 13.0 Å². The molecular formula is C16H14BrN3O5. The second-order valence-electron chi connectivity index (χ2n) is 4.99. The standard InChI is InChI=1S/C16H14BrN3O5/c1-10-6-13(3-4-14(10)17)25-9-16(22)19-18-8-11-7-12(20(23)24)2-5-15(11)21/h2-8,21H,9H2,1H3,(H,19,22). The summed E-state index contributed by atoms with van der Waals surface area (Å²) in [4.78, 5) is 21.8. The molecule has 0 atom stereocenters. The van der Waals surface area contributed by atoms with Gasteiger partial charge in [0, 0.05) is 22.2 Å². The molecule has 0 radical (unpaired) electrons. The minimum Gasteiger partial charge on any atom is -0.507 e. The third kappa shape index (κ3) is 5.28. The molecule has 0 aliphatic heterocycles. The Morgan fingerprint density at radius 1 is 1.40 bits per heavy atom. The number of ether oxygens (including phenoxy) is 1. The molecule has 0 saturated carbocycles. The quantitative estimate of drug-likeness (QED) is 0.434. The molecule has 0 saturated heterocycles. The average Bonchev–Trinajstić information content (AvgIpc) is 2.57. The van der Waals surface area contributed by atoms with Gasteiger partial charge in [-0.15, -0.1) is 0 Å². The maximum atomic E-state index is 11.7. The first-order valence-corrected chi connectivity index (χ1v) is 7.84. The van der Waals surface area contributed by atoms with Crippen LogP contribution < -0.4 is 10.2 Å². The molecule has 2 aromatic rings. The van der Waals surface area contributed by atoms with Gasteiger partial charge in [-0.25, -0.2) is 5.43 Å². The molecule has 0 heterocycles. The summed E-state index contributed by atoms with van der Waals surface area (Å²) in [5.74, 6) is -0.164. The van der Waals surface area contributed by atoms with E-state index in [4.69, 9.17) is 4.74 Å². The van der Waals surface area contributed by atoms with Crippen LogP contribution in [-0.4, -0.2) is 28.8 Å². The van der Waals surface area contributed by atoms with Gasteiger partial charge in [-0.1, -0.05) is 15.9 Å². The Labute approximate surface area is 151 Å². The van der Waals surface area contributed by atoms with Crippen molar-refractivity contribution in [2.75, 3.05) is 6.61 Å². The fourth-order valence-electron chi connectivity index (χ4n) is 1.82. The van der Waals surface area contributed by atoms with Gasteiger partial charge in [0.05, 0.1) is 11.1 Å². The van der Waals surface area contributed by atoms with Crippen LogP contribution in [0.15, 0.2) is 46.0 Å². The fourth-order valence-corrected chi connectivity index (χ4v) is 2.07. The zero-order chi connectivity index (χ0) is 18.4. The number of amides is 1. The summed E-state index contributed by atoms with van der Waals surface area (Å²) >= 11 is 3.37. The van der Waals surface area contributed by atoms with Crippen LogP contribution in [0.5, 0.6) is 11.5 Å². The van der Waals surface area contributed by atoms with E-state index in [1.165, 1.54) is 12.1 Å². The van der Waals surface area contributed by atoms with Crippen LogP contribution in [0.1, 0.15) is 11.1 Å². The van der Waals surface area contributed by atoms with Crippen LogP contribution in [0.25, 0.3) is 0 Å². The van der Waals surface area contributed by atoms with E-state index in [-0.39, 0.29) is 23.6 Å². The summed E-state index contributed by atoms with van der Waals surface area (Å²) < 4.78 is 6.27. The van der Waals surface area contributed by atoms with Crippen LogP contribution in [-0.2, 0) is 4.79 Å². The number of halogens is 1. The first-order valence-electron chi connectivity index (χ1n) is 7.05. The summed E-state index contributed by atoms with van der Waals surface area (Å²) in [5.41, 5.74) is 3.10. The maximum absolute atomic E-state index is 11.7. The summed E-state index contributed by atoms with van der Waals surface area (Å²) in [7, 11) is 0. The lowest BCUT2D eigenvalue weighted by Gasteiger charge is -2.06. The molecule has 9 heteroatoms. The molecular weight excluding hydrogens is 394 g/mol. The van der Waals surface area contributed by atoms with Crippen molar-refractivity contribution in [2.45, 2.75) is 6.92 Å². The van der Waals surface area contributed by atoms with Gasteiger partial charge in [0.15, 0.2) is 6.61 Å². The Bertz CT molecular complexity index is 839. The number of hydrogen-bond donors (Lipinski definition) is 2. The van der Waals surface area contributed by atoms with Crippen molar-refractivity contribution in [3.8, 4) is 11.5 Å². The third-order valence-corrected chi connectivity index (χ3v) is 4.00. The van der Waals surface area contributed by atoms with Gasteiger partial charge >= 0.3 is 0 Å². The van der Waals surface area contributed by atoms with Crippen LogP contribution in [0, 0.1) is 17.0 Å². The monoisotopic (exact) mass is 407 g/mol. The highest BCUT2D eigenvalue weighted by molar-refractivity contribution is 9.10. The fraction of sp³-hybridized carbons (Fsp3) is 0.125. The van der Waals surface area contributed by atoms with Gasteiger partial charge in [0.25, 0.3) is 11.6 Å². The molecule has 0 spiro atoms. The lowest BCUT2D eigenvalue weighted by Crippen LogP contribution is -2.24. The maximum Gasteiger partial charge on any atom is 0.277 e. The van der Waals surface area contributed by atoms with Crippen molar-refractivity contribution in [1.29, 1.82) is 0 Å². The smallest absolute Gasteiger partial charge is 0.277 e. The second kappa shape index (κ2) is 8.25. The van der Waals surface area contributed by atoms with Crippen molar-refractivity contribution in [1.82, 2.24) is 5.43 Å². The molecule has 0 unspecified atom stereocenters. The molecule has 0 aliphatic carbocycles. The number of non-ortho nitro benzene ring substituents is 1. The largest absolute Gasteiger partial charge is 0.507 e. The Hall–Kier alpha value is -2.94. The van der Waals surface area contributed by atoms with E-state index in [0.717, 1.165) is 22.3 Å². The number of nitrogens with one attached hydrogen (secondary N) is 1. The van der Waals surface area contributed by atoms with E-state index >= 15 is 0 Å². The Morgan fingerprint density at radius 2 is 2.16 bits per heavy atom. The van der Waals surface area contributed by atoms with E-state index in [0.29, 0.717) is 5.75 Å². The Balaban J connectivity index is 1.91. The van der Waals surface area contributed by atoms with Crippen molar-refractivity contribution >= 4 is 33.7 Å². The number of phenolic OH excluding ortho intramolecular Hbond substituents is 1. The molecule has 130 valence electrons. The minimum atomic E-state index is -0.594. The van der Waals surface area contributed by atoms with Gasteiger partial charge in [0.2, 0.25) is 0 Å². The Kier molecular flexibility index (Phi) is 6.07. The molecule has 25 heavy (non-hydrogen) atoms. The normalized spacial score (nSPS) is 10.6. The van der Waals surface area contributed by atoms with Crippen molar-refractivity contribution < 1.29 is 19.6 Å². The first kappa shape index (κ1) is 18.4. The SMILES string of the molecule is Cc1cc(OCC(=O)NN=Cc2cc([N+](=O)[O-])ccc2O)ccc1Br. The van der Waals surface area contributed by atoms with Gasteiger partial charge in [0.1, 0.15) is 11.5 Å². The molecule has 0 bridgehead atoms. The number of carbonyl (C=O) groups excluding carboxylic acids is 1. The molecule has 2 rings (SSSR count). The van der Waals surface area contributed by atoms with Crippen LogP contribution in [0.3, 0.4) is 0 Å². The summed E-state index contributed by atoms with van der Waals surface area (Å²) in [6.07, 6.45) is 1.12. The highest BCUT2D eigenvalue weighted by Gasteiger charge is 2.09. The lowest BCUT2D eigenvalue weighted by molar-refractivity contribution is -0.384. The van der Waals surface area contributed by atoms with Gasteiger partial charge in [-0.2, -0.15) is 5.10 Å². The number of carbonyl (C=O) groups is 1. The molecule has 0 aliphatic rings. The molecule has 2 aromatic carbocycles. The number of hydrogen-bond acceptors (Lipinski definition) is 6. The summed E-state index contributed by atoms with van der Waals surface area (Å²) in [6.45, 7) is 1.65. The number of benzene rings is 2. The molecule has 1 amide bonds. The van der Waals surface area contributed by atoms with E-state index in [2.05, 4.69) is 26.5 Å². The first-order chi connectivity index (χ1) is 11.9. The number of nitro benzene ring substituents is 1. The van der Waals surface area contributed by atoms with Crippen molar-refractivity contribution in [2.24, 2.45) is 5.10 Å². The number of nitrogens with zero attached hydrogens (tertiary/aromatic N) is 2. The van der Waals surface area contributed by atoms with E-state index in [1.54, 1.807) is 12.1 Å².